The Morgan fingerprint density at radius 2 is 1.84 bits per heavy atom. The van der Waals surface area contributed by atoms with Crippen molar-refractivity contribution >= 4 is 40.8 Å². The zero-order chi connectivity index (χ0) is 14.8. The average Bonchev–Trinajstić information content (AvgIpc) is 2.24. The summed E-state index contributed by atoms with van der Waals surface area (Å²) in [5.41, 5.74) is 0.0457. The van der Waals surface area contributed by atoms with Gasteiger partial charge in [-0.25, -0.2) is 0 Å². The number of amides is 1. The zero-order valence-corrected chi connectivity index (χ0v) is 12.4. The second-order valence-electron chi connectivity index (χ2n) is 5.00. The molecule has 1 amide bonds. The number of anilines is 1. The van der Waals surface area contributed by atoms with E-state index >= 15 is 0 Å². The van der Waals surface area contributed by atoms with Crippen LogP contribution in [0.15, 0.2) is 12.1 Å². The van der Waals surface area contributed by atoms with Gasteiger partial charge in [-0.15, -0.1) is 0 Å². The molecule has 0 spiro atoms. The van der Waals surface area contributed by atoms with Gasteiger partial charge in [-0.2, -0.15) is 0 Å². The minimum absolute atomic E-state index is 0.149. The summed E-state index contributed by atoms with van der Waals surface area (Å²) in [6, 6.07) is 3.19. The lowest BCUT2D eigenvalue weighted by Crippen LogP contribution is -2.29. The third-order valence-electron chi connectivity index (χ3n) is 2.70. The average molecular weight is 304 g/mol. The lowest BCUT2D eigenvalue weighted by atomic mass is 9.89. The first-order valence-electron chi connectivity index (χ1n) is 5.62. The Balaban J connectivity index is 2.84. The lowest BCUT2D eigenvalue weighted by molar-refractivity contribution is -0.148. The fourth-order valence-corrected chi connectivity index (χ4v) is 1.84. The van der Waals surface area contributed by atoms with Crippen LogP contribution in [0, 0.1) is 12.3 Å². The Hall–Kier alpha value is -1.26. The predicted molar refractivity (Wildman–Crippen MR) is 75.9 cm³/mol. The van der Waals surface area contributed by atoms with Gasteiger partial charge in [0.05, 0.1) is 16.1 Å². The number of rotatable bonds is 4. The van der Waals surface area contributed by atoms with Crippen LogP contribution in [0.4, 0.5) is 5.69 Å². The summed E-state index contributed by atoms with van der Waals surface area (Å²) in [5, 5.41) is 12.4. The van der Waals surface area contributed by atoms with E-state index in [0.29, 0.717) is 15.7 Å². The van der Waals surface area contributed by atoms with Gasteiger partial charge in [-0.1, -0.05) is 23.2 Å². The van der Waals surface area contributed by atoms with Gasteiger partial charge in [0.15, 0.2) is 0 Å². The van der Waals surface area contributed by atoms with Crippen LogP contribution in [0.2, 0.25) is 10.0 Å². The van der Waals surface area contributed by atoms with Crippen molar-refractivity contribution in [1.82, 2.24) is 0 Å². The van der Waals surface area contributed by atoms with Crippen LogP contribution in [0.1, 0.15) is 25.8 Å². The van der Waals surface area contributed by atoms with E-state index in [2.05, 4.69) is 5.32 Å². The number of halogens is 2. The molecule has 0 atom stereocenters. The molecule has 6 heteroatoms. The van der Waals surface area contributed by atoms with Crippen LogP contribution in [0.3, 0.4) is 0 Å². The molecule has 4 nitrogen and oxygen atoms in total. The summed E-state index contributed by atoms with van der Waals surface area (Å²) in [6.45, 7) is 4.77. The highest BCUT2D eigenvalue weighted by Gasteiger charge is 2.30. The molecule has 0 aliphatic rings. The number of hydrogen-bond donors (Lipinski definition) is 2. The third-order valence-corrected chi connectivity index (χ3v) is 3.42. The van der Waals surface area contributed by atoms with Gasteiger partial charge in [0.2, 0.25) is 5.91 Å². The number of carboxylic acids is 1. The highest BCUT2D eigenvalue weighted by molar-refractivity contribution is 6.36. The van der Waals surface area contributed by atoms with E-state index in [1.165, 1.54) is 13.8 Å². The van der Waals surface area contributed by atoms with Gasteiger partial charge in [-0.05, 0) is 38.5 Å². The SMILES string of the molecule is Cc1cc(Cl)c(NC(=O)CC(C)(C)C(=O)O)cc1Cl. The van der Waals surface area contributed by atoms with Crippen molar-refractivity contribution in [3.05, 3.63) is 27.7 Å². The normalized spacial score (nSPS) is 11.2. The smallest absolute Gasteiger partial charge is 0.309 e. The second kappa shape index (κ2) is 5.80. The largest absolute Gasteiger partial charge is 0.481 e. The summed E-state index contributed by atoms with van der Waals surface area (Å²) in [7, 11) is 0. The van der Waals surface area contributed by atoms with E-state index in [0.717, 1.165) is 5.56 Å². The number of nitrogens with one attached hydrogen (secondary N) is 1. The van der Waals surface area contributed by atoms with Crippen LogP contribution in [0.25, 0.3) is 0 Å². The van der Waals surface area contributed by atoms with Crippen molar-refractivity contribution in [1.29, 1.82) is 0 Å². The van der Waals surface area contributed by atoms with Crippen LogP contribution >= 0.6 is 23.2 Å². The van der Waals surface area contributed by atoms with Crippen LogP contribution < -0.4 is 5.32 Å². The maximum atomic E-state index is 11.8. The van der Waals surface area contributed by atoms with Crippen molar-refractivity contribution in [2.24, 2.45) is 5.41 Å². The van der Waals surface area contributed by atoms with Gasteiger partial charge in [0.1, 0.15) is 0 Å². The molecule has 0 aliphatic heterocycles. The molecule has 0 unspecified atom stereocenters. The molecule has 1 aromatic rings. The molecule has 1 aromatic carbocycles. The van der Waals surface area contributed by atoms with Gasteiger partial charge < -0.3 is 10.4 Å². The molecule has 104 valence electrons. The number of carbonyl (C=O) groups excluding carboxylic acids is 1. The first kappa shape index (κ1) is 15.8. The van der Waals surface area contributed by atoms with Crippen LogP contribution in [-0.2, 0) is 9.59 Å². The number of carboxylic acid groups (broad SMARTS) is 1. The first-order chi connectivity index (χ1) is 8.63. The summed E-state index contributed by atoms with van der Waals surface area (Å²) in [5.74, 6) is -1.45. The number of aryl methyl sites for hydroxylation is 1. The minimum atomic E-state index is -1.13. The van der Waals surface area contributed by atoms with Crippen LogP contribution in [-0.4, -0.2) is 17.0 Å². The Morgan fingerprint density at radius 3 is 2.37 bits per heavy atom. The lowest BCUT2D eigenvalue weighted by Gasteiger charge is -2.18. The van der Waals surface area contributed by atoms with E-state index in [1.54, 1.807) is 19.1 Å². The van der Waals surface area contributed by atoms with Gasteiger partial charge in [0, 0.05) is 11.4 Å². The highest BCUT2D eigenvalue weighted by atomic mass is 35.5. The van der Waals surface area contributed by atoms with Crippen molar-refractivity contribution in [2.45, 2.75) is 27.2 Å². The molecule has 0 aromatic heterocycles. The molecule has 0 heterocycles. The number of hydrogen-bond acceptors (Lipinski definition) is 2. The maximum Gasteiger partial charge on any atom is 0.309 e. The van der Waals surface area contributed by atoms with Gasteiger partial charge in [-0.3, -0.25) is 9.59 Å². The molecule has 0 fully saturated rings. The zero-order valence-electron chi connectivity index (χ0n) is 10.9. The number of aliphatic carboxylic acids is 1. The molecule has 19 heavy (non-hydrogen) atoms. The molecule has 0 aliphatic carbocycles. The highest BCUT2D eigenvalue weighted by Crippen LogP contribution is 2.29. The quantitative estimate of drug-likeness (QED) is 0.890. The topological polar surface area (TPSA) is 66.4 Å². The molecule has 0 saturated carbocycles. The molecule has 1 rings (SSSR count). The summed E-state index contributed by atoms with van der Waals surface area (Å²) in [6.07, 6.45) is -0.149. The van der Waals surface area contributed by atoms with E-state index in [1.807, 2.05) is 0 Å². The van der Waals surface area contributed by atoms with Gasteiger partial charge in [0.25, 0.3) is 0 Å². The Labute approximate surface area is 121 Å². The fraction of sp³-hybridized carbons (Fsp3) is 0.385. The van der Waals surface area contributed by atoms with Crippen molar-refractivity contribution < 1.29 is 14.7 Å². The standard InChI is InChI=1S/C13H15Cl2NO3/c1-7-4-9(15)10(5-8(7)14)16-11(17)6-13(2,3)12(18)19/h4-5H,6H2,1-3H3,(H,16,17)(H,18,19). The molecule has 0 radical (unpaired) electrons. The molecular formula is C13H15Cl2NO3. The predicted octanol–water partition coefficient (Wildman–Crippen LogP) is 3.74. The van der Waals surface area contributed by atoms with E-state index in [9.17, 15) is 9.59 Å². The van der Waals surface area contributed by atoms with Gasteiger partial charge >= 0.3 is 5.97 Å². The minimum Gasteiger partial charge on any atom is -0.481 e. The van der Waals surface area contributed by atoms with Crippen molar-refractivity contribution in [2.75, 3.05) is 5.32 Å². The second-order valence-corrected chi connectivity index (χ2v) is 5.81. The molecule has 2 N–H and O–H groups in total. The third kappa shape index (κ3) is 4.11. The molecule has 0 saturated heterocycles. The Kier molecular flexibility index (Phi) is 4.82. The van der Waals surface area contributed by atoms with Crippen LogP contribution in [0.5, 0.6) is 0 Å². The Morgan fingerprint density at radius 1 is 1.26 bits per heavy atom. The van der Waals surface area contributed by atoms with Crippen molar-refractivity contribution in [3.63, 3.8) is 0 Å². The Bertz CT molecular complexity index is 527. The molecular weight excluding hydrogens is 289 g/mol. The first-order valence-corrected chi connectivity index (χ1v) is 6.38. The monoisotopic (exact) mass is 303 g/mol. The van der Waals surface area contributed by atoms with E-state index in [4.69, 9.17) is 28.3 Å². The maximum absolute atomic E-state index is 11.8. The number of carbonyl (C=O) groups is 2. The van der Waals surface area contributed by atoms with E-state index in [-0.39, 0.29) is 6.42 Å². The summed E-state index contributed by atoms with van der Waals surface area (Å²) >= 11 is 11.9. The molecule has 0 bridgehead atoms. The fourth-order valence-electron chi connectivity index (χ4n) is 1.41. The summed E-state index contributed by atoms with van der Waals surface area (Å²) in [4.78, 5) is 22.8. The van der Waals surface area contributed by atoms with E-state index < -0.39 is 17.3 Å². The summed E-state index contributed by atoms with van der Waals surface area (Å²) < 4.78 is 0. The number of benzene rings is 1. The van der Waals surface area contributed by atoms with Crippen molar-refractivity contribution in [3.8, 4) is 0 Å².